The summed E-state index contributed by atoms with van der Waals surface area (Å²) in [6.07, 6.45) is 3.74. The Kier molecular flexibility index (Phi) is 5.46. The van der Waals surface area contributed by atoms with Crippen molar-refractivity contribution in [2.45, 2.75) is 13.0 Å². The highest BCUT2D eigenvalue weighted by Crippen LogP contribution is 2.33. The topological polar surface area (TPSA) is 38.5 Å². The van der Waals surface area contributed by atoms with Crippen LogP contribution in [-0.4, -0.2) is 20.2 Å². The van der Waals surface area contributed by atoms with Crippen molar-refractivity contribution in [3.05, 3.63) is 49.1 Å². The van der Waals surface area contributed by atoms with Crippen LogP contribution in [0.4, 0.5) is 5.69 Å². The van der Waals surface area contributed by atoms with Crippen molar-refractivity contribution in [1.82, 2.24) is 0 Å². The van der Waals surface area contributed by atoms with Crippen molar-refractivity contribution in [1.29, 1.82) is 0 Å². The normalized spacial score (nSPS) is 11.7. The maximum absolute atomic E-state index is 6.06. The lowest BCUT2D eigenvalue weighted by molar-refractivity contribution is 0.407. The predicted molar refractivity (Wildman–Crippen MR) is 78.2 cm³/mol. The third-order valence-corrected chi connectivity index (χ3v) is 2.76. The minimum atomic E-state index is -0.0896. The minimum Gasteiger partial charge on any atom is -0.496 e. The average molecular weight is 246 g/mol. The number of anilines is 1. The van der Waals surface area contributed by atoms with E-state index < -0.39 is 0 Å². The number of benzene rings is 1. The fourth-order valence-corrected chi connectivity index (χ4v) is 2.03. The van der Waals surface area contributed by atoms with Gasteiger partial charge in [0.25, 0.3) is 0 Å². The van der Waals surface area contributed by atoms with E-state index in [4.69, 9.17) is 10.5 Å². The molecule has 1 aromatic rings. The SMILES string of the molecule is C=CCN(CC=C)c1cccc(OC)c1C(C)N. The van der Waals surface area contributed by atoms with E-state index in [-0.39, 0.29) is 6.04 Å². The molecule has 0 saturated heterocycles. The molecular weight excluding hydrogens is 224 g/mol. The zero-order chi connectivity index (χ0) is 13.5. The third-order valence-electron chi connectivity index (χ3n) is 2.76. The maximum atomic E-state index is 6.06. The molecule has 0 aliphatic carbocycles. The van der Waals surface area contributed by atoms with Crippen molar-refractivity contribution < 1.29 is 4.74 Å². The van der Waals surface area contributed by atoms with Gasteiger partial charge >= 0.3 is 0 Å². The molecule has 1 aromatic carbocycles. The van der Waals surface area contributed by atoms with Gasteiger partial charge in [-0.15, -0.1) is 13.2 Å². The first kappa shape index (κ1) is 14.3. The molecule has 0 fully saturated rings. The summed E-state index contributed by atoms with van der Waals surface area (Å²) in [7, 11) is 1.66. The summed E-state index contributed by atoms with van der Waals surface area (Å²) in [5.74, 6) is 0.820. The Morgan fingerprint density at radius 1 is 1.33 bits per heavy atom. The van der Waals surface area contributed by atoms with Crippen LogP contribution in [0.3, 0.4) is 0 Å². The van der Waals surface area contributed by atoms with E-state index >= 15 is 0 Å². The molecular formula is C15H22N2O. The fraction of sp³-hybridized carbons (Fsp3) is 0.333. The molecule has 18 heavy (non-hydrogen) atoms. The molecule has 0 aliphatic rings. The number of nitrogens with zero attached hydrogens (tertiary/aromatic N) is 1. The summed E-state index contributed by atoms with van der Waals surface area (Å²) < 4.78 is 5.40. The number of hydrogen-bond acceptors (Lipinski definition) is 3. The van der Waals surface area contributed by atoms with Crippen LogP contribution in [0.1, 0.15) is 18.5 Å². The Morgan fingerprint density at radius 2 is 1.94 bits per heavy atom. The number of methoxy groups -OCH3 is 1. The van der Waals surface area contributed by atoms with Gasteiger partial charge in [0.1, 0.15) is 5.75 Å². The van der Waals surface area contributed by atoms with Crippen molar-refractivity contribution >= 4 is 5.69 Å². The molecule has 1 rings (SSSR count). The minimum absolute atomic E-state index is 0.0896. The quantitative estimate of drug-likeness (QED) is 0.752. The molecule has 98 valence electrons. The van der Waals surface area contributed by atoms with Gasteiger partial charge in [-0.1, -0.05) is 18.2 Å². The Balaban J connectivity index is 3.26. The van der Waals surface area contributed by atoms with E-state index in [1.807, 2.05) is 37.3 Å². The van der Waals surface area contributed by atoms with E-state index in [9.17, 15) is 0 Å². The first-order valence-electron chi connectivity index (χ1n) is 6.04. The van der Waals surface area contributed by atoms with Gasteiger partial charge in [0.2, 0.25) is 0 Å². The molecule has 1 unspecified atom stereocenters. The zero-order valence-corrected chi connectivity index (χ0v) is 11.2. The molecule has 0 heterocycles. The average Bonchev–Trinajstić information content (AvgIpc) is 2.37. The third kappa shape index (κ3) is 3.14. The molecule has 0 saturated carbocycles. The van der Waals surface area contributed by atoms with Gasteiger partial charge in [-0.05, 0) is 19.1 Å². The van der Waals surface area contributed by atoms with Crippen molar-refractivity contribution in [3.8, 4) is 5.75 Å². The standard InChI is InChI=1S/C15H22N2O/c1-5-10-17(11-6-2)13-8-7-9-14(18-4)15(13)12(3)16/h5-9,12H,1-2,10-11,16H2,3-4H3. The van der Waals surface area contributed by atoms with E-state index in [1.165, 1.54) is 0 Å². The molecule has 0 aliphatic heterocycles. The van der Waals surface area contributed by atoms with Crippen LogP contribution >= 0.6 is 0 Å². The van der Waals surface area contributed by atoms with E-state index in [1.54, 1.807) is 7.11 Å². The first-order chi connectivity index (χ1) is 8.65. The molecule has 0 spiro atoms. The van der Waals surface area contributed by atoms with Crippen LogP contribution in [0.25, 0.3) is 0 Å². The molecule has 2 N–H and O–H groups in total. The first-order valence-corrected chi connectivity index (χ1v) is 6.04. The number of ether oxygens (including phenoxy) is 1. The molecule has 0 bridgehead atoms. The highest BCUT2D eigenvalue weighted by atomic mass is 16.5. The fourth-order valence-electron chi connectivity index (χ4n) is 2.03. The van der Waals surface area contributed by atoms with Crippen molar-refractivity contribution in [2.75, 3.05) is 25.1 Å². The highest BCUT2D eigenvalue weighted by Gasteiger charge is 2.16. The largest absolute Gasteiger partial charge is 0.496 e. The molecule has 0 amide bonds. The smallest absolute Gasteiger partial charge is 0.125 e. The Bertz CT molecular complexity index is 403. The van der Waals surface area contributed by atoms with Crippen LogP contribution in [-0.2, 0) is 0 Å². The van der Waals surface area contributed by atoms with Crippen LogP contribution in [0.5, 0.6) is 5.75 Å². The van der Waals surface area contributed by atoms with Crippen LogP contribution in [0.15, 0.2) is 43.5 Å². The summed E-state index contributed by atoms with van der Waals surface area (Å²) >= 11 is 0. The second kappa shape index (κ2) is 6.87. The Hall–Kier alpha value is -1.74. The number of nitrogens with two attached hydrogens (primary N) is 1. The number of rotatable bonds is 7. The van der Waals surface area contributed by atoms with E-state index in [2.05, 4.69) is 18.1 Å². The summed E-state index contributed by atoms with van der Waals surface area (Å²) in [5, 5.41) is 0. The summed E-state index contributed by atoms with van der Waals surface area (Å²) in [6.45, 7) is 11.0. The van der Waals surface area contributed by atoms with Crippen molar-refractivity contribution in [2.24, 2.45) is 5.73 Å². The van der Waals surface area contributed by atoms with Gasteiger partial charge < -0.3 is 15.4 Å². The van der Waals surface area contributed by atoms with Gasteiger partial charge in [-0.3, -0.25) is 0 Å². The lowest BCUT2D eigenvalue weighted by Gasteiger charge is -2.27. The lowest BCUT2D eigenvalue weighted by Crippen LogP contribution is -2.25. The van der Waals surface area contributed by atoms with Gasteiger partial charge in [0.05, 0.1) is 7.11 Å². The number of hydrogen-bond donors (Lipinski definition) is 1. The summed E-state index contributed by atoms with van der Waals surface area (Å²) in [4.78, 5) is 2.17. The van der Waals surface area contributed by atoms with Crippen LogP contribution < -0.4 is 15.4 Å². The van der Waals surface area contributed by atoms with Crippen LogP contribution in [0.2, 0.25) is 0 Å². The summed E-state index contributed by atoms with van der Waals surface area (Å²) in [5.41, 5.74) is 8.15. The molecule has 1 atom stereocenters. The highest BCUT2D eigenvalue weighted by molar-refractivity contribution is 5.61. The van der Waals surface area contributed by atoms with Crippen molar-refractivity contribution in [3.63, 3.8) is 0 Å². The zero-order valence-electron chi connectivity index (χ0n) is 11.2. The lowest BCUT2D eigenvalue weighted by atomic mass is 10.0. The molecule has 0 radical (unpaired) electrons. The monoisotopic (exact) mass is 246 g/mol. The second-order valence-electron chi connectivity index (χ2n) is 4.16. The Morgan fingerprint density at radius 3 is 2.39 bits per heavy atom. The van der Waals surface area contributed by atoms with Gasteiger partial charge in [0.15, 0.2) is 0 Å². The van der Waals surface area contributed by atoms with E-state index in [0.717, 1.165) is 30.1 Å². The molecule has 3 heteroatoms. The van der Waals surface area contributed by atoms with Gasteiger partial charge in [-0.2, -0.15) is 0 Å². The second-order valence-corrected chi connectivity index (χ2v) is 4.16. The molecule has 3 nitrogen and oxygen atoms in total. The summed E-state index contributed by atoms with van der Waals surface area (Å²) in [6, 6.07) is 5.86. The maximum Gasteiger partial charge on any atom is 0.125 e. The van der Waals surface area contributed by atoms with Gasteiger partial charge in [-0.25, -0.2) is 0 Å². The van der Waals surface area contributed by atoms with E-state index in [0.29, 0.717) is 0 Å². The predicted octanol–water partition coefficient (Wildman–Crippen LogP) is 2.89. The van der Waals surface area contributed by atoms with Gasteiger partial charge in [0, 0.05) is 30.4 Å². The molecule has 0 aromatic heterocycles. The Labute approximate surface area is 110 Å². The van der Waals surface area contributed by atoms with Crippen LogP contribution in [0, 0.1) is 0 Å².